The zero-order valence-electron chi connectivity index (χ0n) is 14.3. The molecule has 0 radical (unpaired) electrons. The van der Waals surface area contributed by atoms with Crippen molar-refractivity contribution in [3.8, 4) is 17.2 Å². The summed E-state index contributed by atoms with van der Waals surface area (Å²) in [5.41, 5.74) is 0.251. The summed E-state index contributed by atoms with van der Waals surface area (Å²) in [6.45, 7) is 4.88. The van der Waals surface area contributed by atoms with Crippen LogP contribution in [-0.2, 0) is 0 Å². The van der Waals surface area contributed by atoms with E-state index in [9.17, 15) is 10.2 Å². The average molecular weight is 410 g/mol. The number of phenols is 1. The predicted molar refractivity (Wildman–Crippen MR) is 102 cm³/mol. The van der Waals surface area contributed by atoms with Crippen LogP contribution in [0.3, 0.4) is 0 Å². The highest BCUT2D eigenvalue weighted by Gasteiger charge is 2.33. The van der Waals surface area contributed by atoms with Crippen molar-refractivity contribution in [3.05, 3.63) is 54.1 Å². The van der Waals surface area contributed by atoms with Crippen LogP contribution in [0.2, 0.25) is 0 Å². The summed E-state index contributed by atoms with van der Waals surface area (Å²) < 4.78 is 11.8. The number of aliphatic hydroxyl groups excluding tert-OH is 1. The van der Waals surface area contributed by atoms with Gasteiger partial charge in [-0.25, -0.2) is 0 Å². The molecule has 1 heterocycles. The molecular formula is C19H24BrNO4. The van der Waals surface area contributed by atoms with Crippen molar-refractivity contribution in [3.63, 3.8) is 0 Å². The molecule has 0 saturated heterocycles. The van der Waals surface area contributed by atoms with E-state index < -0.39 is 11.7 Å². The Morgan fingerprint density at radius 3 is 2.44 bits per heavy atom. The number of aliphatic hydroxyl groups is 1. The lowest BCUT2D eigenvalue weighted by Crippen LogP contribution is -2.52. The summed E-state index contributed by atoms with van der Waals surface area (Å²) in [6, 6.07) is 14.0. The third-order valence-electron chi connectivity index (χ3n) is 4.24. The van der Waals surface area contributed by atoms with Crippen molar-refractivity contribution in [2.75, 3.05) is 13.2 Å². The van der Waals surface area contributed by atoms with E-state index in [1.54, 1.807) is 24.3 Å². The highest BCUT2D eigenvalue weighted by molar-refractivity contribution is 8.93. The first-order chi connectivity index (χ1) is 11.5. The van der Waals surface area contributed by atoms with E-state index in [-0.39, 0.29) is 28.8 Å². The van der Waals surface area contributed by atoms with Gasteiger partial charge in [0, 0.05) is 12.6 Å². The molecule has 3 rings (SSSR count). The van der Waals surface area contributed by atoms with Crippen LogP contribution in [0, 0.1) is 0 Å². The van der Waals surface area contributed by atoms with Crippen LogP contribution in [0.5, 0.6) is 17.2 Å². The topological polar surface area (TPSA) is 71.0 Å². The molecule has 6 heteroatoms. The Kier molecular flexibility index (Phi) is 6.32. The van der Waals surface area contributed by atoms with Crippen molar-refractivity contribution in [1.82, 2.24) is 5.32 Å². The summed E-state index contributed by atoms with van der Waals surface area (Å²) in [5.74, 6) is 1.68. The van der Waals surface area contributed by atoms with Gasteiger partial charge in [-0.1, -0.05) is 24.3 Å². The van der Waals surface area contributed by atoms with E-state index in [1.165, 1.54) is 0 Å². The third-order valence-corrected chi connectivity index (χ3v) is 4.24. The lowest BCUT2D eigenvalue weighted by atomic mass is 10.0. The number of nitrogens with one attached hydrogen (secondary N) is 1. The fraction of sp³-hybridized carbons (Fsp3) is 0.368. The number of fused-ring (bicyclic) bond motifs is 1. The molecule has 2 aromatic carbocycles. The average Bonchev–Trinajstić information content (AvgIpc) is 2.59. The molecule has 0 aromatic heterocycles. The van der Waals surface area contributed by atoms with Crippen LogP contribution in [0.15, 0.2) is 48.5 Å². The van der Waals surface area contributed by atoms with Gasteiger partial charge in [0.2, 0.25) is 0 Å². The van der Waals surface area contributed by atoms with Gasteiger partial charge in [-0.2, -0.15) is 0 Å². The number of hydrogen-bond acceptors (Lipinski definition) is 5. The second-order valence-electron chi connectivity index (χ2n) is 6.49. The molecule has 25 heavy (non-hydrogen) atoms. The maximum absolute atomic E-state index is 10.4. The molecule has 0 spiro atoms. The number of ether oxygens (including phenoxy) is 2. The largest absolute Gasteiger partial charge is 0.508 e. The van der Waals surface area contributed by atoms with E-state index in [2.05, 4.69) is 5.32 Å². The van der Waals surface area contributed by atoms with Crippen LogP contribution in [0.25, 0.3) is 0 Å². The van der Waals surface area contributed by atoms with Gasteiger partial charge in [-0.05, 0) is 43.7 Å². The van der Waals surface area contributed by atoms with Crippen molar-refractivity contribution in [1.29, 1.82) is 0 Å². The van der Waals surface area contributed by atoms with Gasteiger partial charge in [-0.3, -0.25) is 0 Å². The second-order valence-corrected chi connectivity index (χ2v) is 6.49. The van der Waals surface area contributed by atoms with Crippen LogP contribution in [-0.4, -0.2) is 35.0 Å². The third kappa shape index (κ3) is 4.66. The van der Waals surface area contributed by atoms with Crippen LogP contribution >= 0.6 is 17.0 Å². The van der Waals surface area contributed by atoms with E-state index in [0.717, 1.165) is 17.1 Å². The Balaban J connectivity index is 0.00000225. The van der Waals surface area contributed by atoms with Crippen molar-refractivity contribution in [2.45, 2.75) is 31.6 Å². The molecule has 1 aliphatic rings. The minimum Gasteiger partial charge on any atom is -0.508 e. The van der Waals surface area contributed by atoms with Crippen LogP contribution in [0.4, 0.5) is 0 Å². The quantitative estimate of drug-likeness (QED) is 0.706. The van der Waals surface area contributed by atoms with E-state index in [4.69, 9.17) is 9.47 Å². The van der Waals surface area contributed by atoms with E-state index in [0.29, 0.717) is 13.2 Å². The number of halogens is 1. The van der Waals surface area contributed by atoms with Crippen molar-refractivity contribution in [2.24, 2.45) is 0 Å². The van der Waals surface area contributed by atoms with Gasteiger partial charge < -0.3 is 25.0 Å². The van der Waals surface area contributed by atoms with Crippen LogP contribution in [0.1, 0.15) is 25.5 Å². The molecule has 0 fully saturated rings. The monoisotopic (exact) mass is 409 g/mol. The Hall–Kier alpha value is -1.76. The fourth-order valence-corrected chi connectivity index (χ4v) is 2.71. The van der Waals surface area contributed by atoms with Gasteiger partial charge >= 0.3 is 0 Å². The first-order valence-corrected chi connectivity index (χ1v) is 8.08. The smallest absolute Gasteiger partial charge is 0.162 e. The molecule has 3 unspecified atom stereocenters. The Bertz CT molecular complexity index is 694. The zero-order chi connectivity index (χ0) is 17.2. The first kappa shape index (κ1) is 19.6. The molecule has 1 aliphatic heterocycles. The maximum atomic E-state index is 10.4. The van der Waals surface area contributed by atoms with Crippen molar-refractivity contribution >= 4 is 17.0 Å². The highest BCUT2D eigenvalue weighted by atomic mass is 79.9. The van der Waals surface area contributed by atoms with E-state index >= 15 is 0 Å². The maximum Gasteiger partial charge on any atom is 0.162 e. The summed E-state index contributed by atoms with van der Waals surface area (Å²) in [7, 11) is 0. The fourth-order valence-electron chi connectivity index (χ4n) is 2.71. The molecule has 5 nitrogen and oxygen atoms in total. The number of hydrogen-bond donors (Lipinski definition) is 3. The molecule has 3 N–H and O–H groups in total. The Labute approximate surface area is 158 Å². The normalized spacial score (nSPS) is 21.1. The molecule has 0 aliphatic carbocycles. The van der Waals surface area contributed by atoms with Gasteiger partial charge in [0.15, 0.2) is 17.1 Å². The van der Waals surface area contributed by atoms with Gasteiger partial charge in [0.1, 0.15) is 12.4 Å². The lowest BCUT2D eigenvalue weighted by molar-refractivity contribution is 0.00116. The number of para-hydroxylation sites is 2. The zero-order valence-corrected chi connectivity index (χ0v) is 16.0. The highest BCUT2D eigenvalue weighted by Crippen LogP contribution is 2.34. The summed E-state index contributed by atoms with van der Waals surface area (Å²) in [4.78, 5) is 0. The molecule has 0 amide bonds. The number of phenolic OH excluding ortho intramolecular Hbond substituents is 1. The summed E-state index contributed by atoms with van der Waals surface area (Å²) in [5, 5.41) is 23.1. The molecule has 0 bridgehead atoms. The number of rotatable bonds is 5. The predicted octanol–water partition coefficient (Wildman–Crippen LogP) is 3.21. The Morgan fingerprint density at radius 2 is 1.76 bits per heavy atom. The number of benzene rings is 2. The van der Waals surface area contributed by atoms with E-state index in [1.807, 2.05) is 38.1 Å². The summed E-state index contributed by atoms with van der Waals surface area (Å²) >= 11 is 0. The molecule has 136 valence electrons. The van der Waals surface area contributed by atoms with Gasteiger partial charge in [-0.15, -0.1) is 17.0 Å². The molecule has 3 atom stereocenters. The SMILES string of the molecule is Br.CC(NCC1(C)COc2ccccc2O1)C(O)c1ccc(O)cc1. The second kappa shape index (κ2) is 8.08. The molecule has 2 aromatic rings. The minimum absolute atomic E-state index is 0. The molecule has 0 saturated carbocycles. The molecular weight excluding hydrogens is 386 g/mol. The van der Waals surface area contributed by atoms with Crippen LogP contribution < -0.4 is 14.8 Å². The standard InChI is InChI=1S/C19H23NO4.BrH/c1-13(18(22)14-7-9-15(21)10-8-14)20-11-19(2)12-23-16-5-3-4-6-17(16)24-19;/h3-10,13,18,20-22H,11-12H2,1-2H3;1H. The van der Waals surface area contributed by atoms with Gasteiger partial charge in [0.25, 0.3) is 0 Å². The summed E-state index contributed by atoms with van der Waals surface area (Å²) in [6.07, 6.45) is -0.675. The first-order valence-electron chi connectivity index (χ1n) is 8.08. The van der Waals surface area contributed by atoms with Crippen molar-refractivity contribution < 1.29 is 19.7 Å². The van der Waals surface area contributed by atoms with Gasteiger partial charge in [0.05, 0.1) is 6.10 Å². The Morgan fingerprint density at radius 1 is 1.12 bits per heavy atom. The lowest BCUT2D eigenvalue weighted by Gasteiger charge is -2.36. The minimum atomic E-state index is -0.675. The number of aromatic hydroxyl groups is 1.